The molecule has 1 N–H and O–H groups in total. The number of rotatable bonds is 10. The van der Waals surface area contributed by atoms with Gasteiger partial charge in [0.15, 0.2) is 25.8 Å². The van der Waals surface area contributed by atoms with E-state index in [9.17, 15) is 17.6 Å². The molecule has 0 bridgehead atoms. The monoisotopic (exact) mass is 469 g/mol. The minimum absolute atomic E-state index is 0.0363. The maximum absolute atomic E-state index is 13.2. The van der Waals surface area contributed by atoms with Gasteiger partial charge in [-0.25, -0.2) is 13.4 Å². The lowest BCUT2D eigenvalue weighted by molar-refractivity contribution is -0.110. The van der Waals surface area contributed by atoms with E-state index in [2.05, 4.69) is 15.5 Å². The van der Waals surface area contributed by atoms with Crippen LogP contribution in [0.4, 0.5) is 9.52 Å². The van der Waals surface area contributed by atoms with Gasteiger partial charge in [0.25, 0.3) is 5.91 Å². The first-order chi connectivity index (χ1) is 14.9. The molecule has 3 rings (SSSR count). The summed E-state index contributed by atoms with van der Waals surface area (Å²) < 4.78 is 43.0. The lowest BCUT2D eigenvalue weighted by Crippen LogP contribution is -2.25. The second-order valence-electron chi connectivity index (χ2n) is 7.07. The number of halogens is 1. The predicted molar refractivity (Wildman–Crippen MR) is 116 cm³/mol. The van der Waals surface area contributed by atoms with Crippen molar-refractivity contribution in [3.63, 3.8) is 0 Å². The molecule has 1 aromatic carbocycles. The van der Waals surface area contributed by atoms with E-state index >= 15 is 0 Å². The third-order valence-electron chi connectivity index (χ3n) is 4.76. The van der Waals surface area contributed by atoms with Gasteiger partial charge in [-0.1, -0.05) is 28.6 Å². The van der Waals surface area contributed by atoms with Crippen LogP contribution in [0.1, 0.15) is 37.7 Å². The molecular formula is C20H24FN3O5S2. The van der Waals surface area contributed by atoms with Crippen LogP contribution in [0, 0.1) is 5.13 Å². The minimum Gasteiger partial charge on any atom is -0.392 e. The highest BCUT2D eigenvalue weighted by atomic mass is 32.2. The Bertz CT molecular complexity index is 1020. The fourth-order valence-electron chi connectivity index (χ4n) is 3.15. The number of hydrogen-bond acceptors (Lipinski definition) is 8. The van der Waals surface area contributed by atoms with Gasteiger partial charge in [0.05, 0.1) is 16.8 Å². The van der Waals surface area contributed by atoms with Gasteiger partial charge >= 0.3 is 0 Å². The quantitative estimate of drug-likeness (QED) is 0.325. The molecule has 0 unspecified atom stereocenters. The standard InChI is InChI=1S/C20H24FN3O5S2/c1-28-11-4-12-31(26,27)16-9-7-14(8-10-16)18(24-29-15-5-2-3-6-15)19(25)23-20-22-13-17(21)30-20/h7-10,13,15H,2-6,11-12H2,1H3,(H,22,23,25). The first-order valence-corrected chi connectivity index (χ1v) is 12.3. The van der Waals surface area contributed by atoms with Crippen molar-refractivity contribution in [1.82, 2.24) is 4.98 Å². The lowest BCUT2D eigenvalue weighted by atomic mass is 10.1. The van der Waals surface area contributed by atoms with Gasteiger partial charge in [-0.05, 0) is 44.2 Å². The molecule has 1 aliphatic carbocycles. The second kappa shape index (κ2) is 10.8. The number of oxime groups is 1. The number of thiazole rings is 1. The smallest absolute Gasteiger partial charge is 0.280 e. The molecule has 1 heterocycles. The molecule has 0 aliphatic heterocycles. The van der Waals surface area contributed by atoms with Crippen LogP contribution in [-0.4, -0.2) is 50.6 Å². The number of methoxy groups -OCH3 is 1. The van der Waals surface area contributed by atoms with E-state index in [0.29, 0.717) is 29.9 Å². The van der Waals surface area contributed by atoms with Crippen molar-refractivity contribution in [3.8, 4) is 0 Å². The molecule has 1 aromatic heterocycles. The van der Waals surface area contributed by atoms with Gasteiger partial charge in [0.2, 0.25) is 0 Å². The van der Waals surface area contributed by atoms with Crippen LogP contribution < -0.4 is 5.32 Å². The topological polar surface area (TPSA) is 107 Å². The number of carbonyl (C=O) groups is 1. The van der Waals surface area contributed by atoms with Crippen LogP contribution in [0.15, 0.2) is 40.5 Å². The Hall–Kier alpha value is -2.37. The number of anilines is 1. The van der Waals surface area contributed by atoms with Crippen molar-refractivity contribution >= 4 is 37.9 Å². The number of ether oxygens (including phenoxy) is 1. The Balaban J connectivity index is 1.80. The molecule has 11 heteroatoms. The third-order valence-corrected chi connectivity index (χ3v) is 7.27. The molecule has 1 fully saturated rings. The average molecular weight is 470 g/mol. The Kier molecular flexibility index (Phi) is 8.10. The van der Waals surface area contributed by atoms with E-state index in [1.165, 1.54) is 31.4 Å². The minimum atomic E-state index is -3.47. The molecule has 0 radical (unpaired) electrons. The van der Waals surface area contributed by atoms with Crippen molar-refractivity contribution in [2.75, 3.05) is 24.8 Å². The average Bonchev–Trinajstić information content (AvgIpc) is 3.40. The summed E-state index contributed by atoms with van der Waals surface area (Å²) in [4.78, 5) is 22.2. The van der Waals surface area contributed by atoms with Gasteiger partial charge in [0, 0.05) is 19.3 Å². The Labute approximate surface area is 184 Å². The van der Waals surface area contributed by atoms with E-state index in [1.807, 2.05) is 0 Å². The largest absolute Gasteiger partial charge is 0.392 e. The molecule has 31 heavy (non-hydrogen) atoms. The summed E-state index contributed by atoms with van der Waals surface area (Å²) in [5.74, 6) is -0.662. The number of nitrogens with one attached hydrogen (secondary N) is 1. The summed E-state index contributed by atoms with van der Waals surface area (Å²) >= 11 is 0.692. The zero-order chi connectivity index (χ0) is 22.3. The van der Waals surface area contributed by atoms with Gasteiger partial charge in [-0.2, -0.15) is 4.39 Å². The third kappa shape index (κ3) is 6.55. The summed E-state index contributed by atoms with van der Waals surface area (Å²) in [7, 11) is -1.95. The zero-order valence-corrected chi connectivity index (χ0v) is 18.7. The van der Waals surface area contributed by atoms with Crippen LogP contribution in [0.25, 0.3) is 0 Å². The summed E-state index contributed by atoms with van der Waals surface area (Å²) in [6, 6.07) is 5.86. The van der Waals surface area contributed by atoms with Crippen LogP contribution in [0.2, 0.25) is 0 Å². The summed E-state index contributed by atoms with van der Waals surface area (Å²) in [6.45, 7) is 0.351. The van der Waals surface area contributed by atoms with Crippen LogP contribution >= 0.6 is 11.3 Å². The van der Waals surface area contributed by atoms with Crippen molar-refractivity contribution in [3.05, 3.63) is 41.2 Å². The first-order valence-electron chi connectivity index (χ1n) is 9.87. The number of benzene rings is 1. The maximum Gasteiger partial charge on any atom is 0.280 e. The number of sulfone groups is 1. The van der Waals surface area contributed by atoms with Gasteiger partial charge < -0.3 is 9.57 Å². The van der Waals surface area contributed by atoms with Crippen LogP contribution in [0.3, 0.4) is 0 Å². The van der Waals surface area contributed by atoms with E-state index in [0.717, 1.165) is 31.9 Å². The number of amides is 1. The molecular weight excluding hydrogens is 445 g/mol. The molecule has 1 saturated carbocycles. The molecule has 1 aliphatic rings. The summed E-state index contributed by atoms with van der Waals surface area (Å²) in [5.41, 5.74) is 0.342. The van der Waals surface area contributed by atoms with Gasteiger partial charge in [-0.3, -0.25) is 10.1 Å². The molecule has 8 nitrogen and oxygen atoms in total. The second-order valence-corrected chi connectivity index (χ2v) is 10.2. The summed E-state index contributed by atoms with van der Waals surface area (Å²) in [6.07, 6.45) is 5.11. The van der Waals surface area contributed by atoms with Crippen molar-refractivity contribution in [2.45, 2.75) is 43.1 Å². The zero-order valence-electron chi connectivity index (χ0n) is 17.0. The lowest BCUT2D eigenvalue weighted by Gasteiger charge is -2.11. The van der Waals surface area contributed by atoms with E-state index in [-0.39, 0.29) is 27.6 Å². The normalized spacial score (nSPS) is 15.2. The highest BCUT2D eigenvalue weighted by molar-refractivity contribution is 7.91. The van der Waals surface area contributed by atoms with Gasteiger partial charge in [0.1, 0.15) is 6.10 Å². The molecule has 0 atom stereocenters. The molecule has 168 valence electrons. The highest BCUT2D eigenvalue weighted by Gasteiger charge is 2.22. The Morgan fingerprint density at radius 2 is 2.00 bits per heavy atom. The maximum atomic E-state index is 13.2. The number of hydrogen-bond donors (Lipinski definition) is 1. The Morgan fingerprint density at radius 1 is 1.29 bits per heavy atom. The SMILES string of the molecule is COCCCS(=O)(=O)c1ccc(C(=NOC2CCCC2)C(=O)Nc2ncc(F)s2)cc1. The fraction of sp³-hybridized carbons (Fsp3) is 0.450. The van der Waals surface area contributed by atoms with Crippen molar-refractivity contribution in [2.24, 2.45) is 5.16 Å². The van der Waals surface area contributed by atoms with E-state index < -0.39 is 20.9 Å². The van der Waals surface area contributed by atoms with E-state index in [4.69, 9.17) is 9.57 Å². The van der Waals surface area contributed by atoms with Gasteiger partial charge in [-0.15, -0.1) is 0 Å². The predicted octanol–water partition coefficient (Wildman–Crippen LogP) is 3.39. The molecule has 0 saturated heterocycles. The molecule has 1 amide bonds. The van der Waals surface area contributed by atoms with Crippen LogP contribution in [0.5, 0.6) is 0 Å². The molecule has 2 aromatic rings. The molecule has 0 spiro atoms. The highest BCUT2D eigenvalue weighted by Crippen LogP contribution is 2.22. The van der Waals surface area contributed by atoms with E-state index in [1.54, 1.807) is 0 Å². The number of nitrogens with zero attached hydrogens (tertiary/aromatic N) is 2. The fourth-order valence-corrected chi connectivity index (χ4v) is 4.97. The van der Waals surface area contributed by atoms with Crippen LogP contribution in [-0.2, 0) is 24.2 Å². The Morgan fingerprint density at radius 3 is 2.61 bits per heavy atom. The number of aromatic nitrogens is 1. The van der Waals surface area contributed by atoms with Crippen molar-refractivity contribution < 1.29 is 27.2 Å². The van der Waals surface area contributed by atoms with Crippen molar-refractivity contribution in [1.29, 1.82) is 0 Å². The number of carbonyl (C=O) groups excluding carboxylic acids is 1. The first kappa shape index (κ1) is 23.3. The summed E-state index contributed by atoms with van der Waals surface area (Å²) in [5, 5.41) is 6.12.